The Morgan fingerprint density at radius 2 is 1.71 bits per heavy atom. The Morgan fingerprint density at radius 1 is 1.14 bits per heavy atom. The molecule has 0 bridgehead atoms. The molecule has 1 fully saturated rings. The molecule has 0 spiro atoms. The quantitative estimate of drug-likeness (QED) is 0.872. The third-order valence-corrected chi connectivity index (χ3v) is 5.64. The van der Waals surface area contributed by atoms with Gasteiger partial charge in [-0.1, -0.05) is 37.1 Å². The second-order valence-electron chi connectivity index (χ2n) is 5.60. The van der Waals surface area contributed by atoms with E-state index in [-0.39, 0.29) is 6.04 Å². The SMILES string of the molecule is CC(NS(=O)(=O)N1CCCCCC1)c1ccc(CN)cc1. The van der Waals surface area contributed by atoms with Crippen LogP contribution in [-0.2, 0) is 16.8 Å². The molecule has 1 unspecified atom stereocenters. The van der Waals surface area contributed by atoms with Crippen LogP contribution in [-0.4, -0.2) is 25.8 Å². The fourth-order valence-electron chi connectivity index (χ4n) is 2.59. The highest BCUT2D eigenvalue weighted by atomic mass is 32.2. The van der Waals surface area contributed by atoms with Crippen LogP contribution < -0.4 is 10.5 Å². The molecule has 0 saturated carbocycles. The zero-order valence-electron chi connectivity index (χ0n) is 12.6. The lowest BCUT2D eigenvalue weighted by atomic mass is 10.1. The Morgan fingerprint density at radius 3 is 2.24 bits per heavy atom. The lowest BCUT2D eigenvalue weighted by molar-refractivity contribution is 0.410. The molecule has 1 aliphatic heterocycles. The van der Waals surface area contributed by atoms with Crippen molar-refractivity contribution in [2.24, 2.45) is 5.73 Å². The number of nitrogens with two attached hydrogens (primary N) is 1. The van der Waals surface area contributed by atoms with Gasteiger partial charge in [0.1, 0.15) is 0 Å². The lowest BCUT2D eigenvalue weighted by Gasteiger charge is -2.23. The monoisotopic (exact) mass is 311 g/mol. The second-order valence-corrected chi connectivity index (χ2v) is 7.31. The fraction of sp³-hybridized carbons (Fsp3) is 0.600. The summed E-state index contributed by atoms with van der Waals surface area (Å²) in [6.07, 6.45) is 4.12. The van der Waals surface area contributed by atoms with E-state index in [4.69, 9.17) is 5.73 Å². The Hall–Kier alpha value is -0.950. The van der Waals surface area contributed by atoms with Crippen LogP contribution in [0.4, 0.5) is 0 Å². The van der Waals surface area contributed by atoms with Gasteiger partial charge in [-0.25, -0.2) is 0 Å². The van der Waals surface area contributed by atoms with E-state index >= 15 is 0 Å². The Balaban J connectivity index is 2.03. The number of benzene rings is 1. The molecular formula is C15H25N3O2S. The third-order valence-electron chi connectivity index (χ3n) is 3.95. The maximum atomic E-state index is 12.4. The molecule has 21 heavy (non-hydrogen) atoms. The molecular weight excluding hydrogens is 286 g/mol. The first-order valence-corrected chi connectivity index (χ1v) is 9.03. The number of hydrogen-bond donors (Lipinski definition) is 2. The predicted molar refractivity (Wildman–Crippen MR) is 84.8 cm³/mol. The molecule has 1 aromatic rings. The van der Waals surface area contributed by atoms with Gasteiger partial charge in [0.25, 0.3) is 10.2 Å². The zero-order chi connectivity index (χ0) is 15.3. The molecule has 0 amide bonds. The topological polar surface area (TPSA) is 75.4 Å². The van der Waals surface area contributed by atoms with Gasteiger partial charge in [-0.2, -0.15) is 17.4 Å². The van der Waals surface area contributed by atoms with Crippen molar-refractivity contribution in [3.63, 3.8) is 0 Å². The number of rotatable bonds is 5. The average molecular weight is 311 g/mol. The van der Waals surface area contributed by atoms with Gasteiger partial charge in [0.2, 0.25) is 0 Å². The second kappa shape index (κ2) is 7.35. The van der Waals surface area contributed by atoms with Crippen molar-refractivity contribution >= 4 is 10.2 Å². The van der Waals surface area contributed by atoms with Gasteiger partial charge in [-0.15, -0.1) is 0 Å². The molecule has 0 aromatic heterocycles. The minimum atomic E-state index is -3.41. The van der Waals surface area contributed by atoms with Crippen molar-refractivity contribution in [3.8, 4) is 0 Å². The molecule has 0 radical (unpaired) electrons. The Labute approximate surface area is 127 Å². The van der Waals surface area contributed by atoms with Gasteiger partial charge >= 0.3 is 0 Å². The number of nitrogens with zero attached hydrogens (tertiary/aromatic N) is 1. The summed E-state index contributed by atoms with van der Waals surface area (Å²) in [4.78, 5) is 0. The van der Waals surface area contributed by atoms with Crippen LogP contribution in [0.1, 0.15) is 49.8 Å². The number of hydrogen-bond acceptors (Lipinski definition) is 3. The molecule has 1 aliphatic rings. The van der Waals surface area contributed by atoms with Crippen LogP contribution in [0, 0.1) is 0 Å². The molecule has 118 valence electrons. The largest absolute Gasteiger partial charge is 0.326 e. The van der Waals surface area contributed by atoms with E-state index in [2.05, 4.69) is 4.72 Å². The van der Waals surface area contributed by atoms with E-state index in [9.17, 15) is 8.42 Å². The van der Waals surface area contributed by atoms with Crippen LogP contribution in [0.25, 0.3) is 0 Å². The molecule has 2 rings (SSSR count). The first-order valence-electron chi connectivity index (χ1n) is 7.59. The Kier molecular flexibility index (Phi) is 5.75. The van der Waals surface area contributed by atoms with Crippen molar-refractivity contribution in [1.29, 1.82) is 0 Å². The van der Waals surface area contributed by atoms with E-state index in [0.29, 0.717) is 19.6 Å². The van der Waals surface area contributed by atoms with Crippen LogP contribution in [0.15, 0.2) is 24.3 Å². The predicted octanol–water partition coefficient (Wildman–Crippen LogP) is 1.92. The molecule has 1 heterocycles. The van der Waals surface area contributed by atoms with Crippen molar-refractivity contribution in [2.45, 2.75) is 45.2 Å². The van der Waals surface area contributed by atoms with Gasteiger partial charge < -0.3 is 5.73 Å². The van der Waals surface area contributed by atoms with Gasteiger partial charge in [-0.05, 0) is 30.9 Å². The Bertz CT molecular complexity index is 535. The standard InChI is InChI=1S/C15H25N3O2S/c1-13(15-8-6-14(12-16)7-9-15)17-21(19,20)18-10-4-2-3-5-11-18/h6-9,13,17H,2-5,10-12,16H2,1H3. The van der Waals surface area contributed by atoms with Gasteiger partial charge in [0.15, 0.2) is 0 Å². The lowest BCUT2D eigenvalue weighted by Crippen LogP contribution is -2.42. The van der Waals surface area contributed by atoms with E-state index in [0.717, 1.165) is 36.8 Å². The highest BCUT2D eigenvalue weighted by molar-refractivity contribution is 7.87. The maximum Gasteiger partial charge on any atom is 0.279 e. The van der Waals surface area contributed by atoms with Crippen molar-refractivity contribution in [3.05, 3.63) is 35.4 Å². The van der Waals surface area contributed by atoms with Crippen LogP contribution in [0.3, 0.4) is 0 Å². The van der Waals surface area contributed by atoms with Crippen LogP contribution in [0.2, 0.25) is 0 Å². The van der Waals surface area contributed by atoms with E-state index in [1.54, 1.807) is 4.31 Å². The number of nitrogens with one attached hydrogen (secondary N) is 1. The smallest absolute Gasteiger partial charge is 0.279 e. The first-order chi connectivity index (χ1) is 10.0. The fourth-order valence-corrected chi connectivity index (χ4v) is 4.06. The molecule has 1 saturated heterocycles. The summed E-state index contributed by atoms with van der Waals surface area (Å²) < 4.78 is 29.2. The van der Waals surface area contributed by atoms with Gasteiger partial charge in [0, 0.05) is 25.7 Å². The van der Waals surface area contributed by atoms with Gasteiger partial charge in [-0.3, -0.25) is 0 Å². The summed E-state index contributed by atoms with van der Waals surface area (Å²) in [5.41, 5.74) is 7.56. The van der Waals surface area contributed by atoms with Crippen LogP contribution >= 0.6 is 0 Å². The summed E-state index contributed by atoms with van der Waals surface area (Å²) in [5.74, 6) is 0. The van der Waals surface area contributed by atoms with E-state index in [1.807, 2.05) is 31.2 Å². The molecule has 1 aromatic carbocycles. The summed E-state index contributed by atoms with van der Waals surface area (Å²) in [5, 5.41) is 0. The highest BCUT2D eigenvalue weighted by Crippen LogP contribution is 2.17. The molecule has 5 nitrogen and oxygen atoms in total. The summed E-state index contributed by atoms with van der Waals surface area (Å²) in [6, 6.07) is 7.48. The van der Waals surface area contributed by atoms with Crippen molar-refractivity contribution in [2.75, 3.05) is 13.1 Å². The minimum Gasteiger partial charge on any atom is -0.326 e. The van der Waals surface area contributed by atoms with Crippen molar-refractivity contribution < 1.29 is 8.42 Å². The molecule has 0 aliphatic carbocycles. The first kappa shape index (κ1) is 16.4. The van der Waals surface area contributed by atoms with E-state index < -0.39 is 10.2 Å². The highest BCUT2D eigenvalue weighted by Gasteiger charge is 2.24. The summed E-state index contributed by atoms with van der Waals surface area (Å²) in [7, 11) is -3.41. The van der Waals surface area contributed by atoms with E-state index in [1.165, 1.54) is 0 Å². The normalized spacial score (nSPS) is 19.1. The van der Waals surface area contributed by atoms with Gasteiger partial charge in [0.05, 0.1) is 0 Å². The molecule has 6 heteroatoms. The zero-order valence-corrected chi connectivity index (χ0v) is 13.4. The average Bonchev–Trinajstić information content (AvgIpc) is 2.76. The summed E-state index contributed by atoms with van der Waals surface area (Å²) in [6.45, 7) is 3.60. The molecule has 3 N–H and O–H groups in total. The van der Waals surface area contributed by atoms with Crippen molar-refractivity contribution in [1.82, 2.24) is 9.03 Å². The molecule has 1 atom stereocenters. The minimum absolute atomic E-state index is 0.245. The summed E-state index contributed by atoms with van der Waals surface area (Å²) >= 11 is 0. The van der Waals surface area contributed by atoms with Crippen LogP contribution in [0.5, 0.6) is 0 Å². The third kappa shape index (κ3) is 4.51. The maximum absolute atomic E-state index is 12.4.